The van der Waals surface area contributed by atoms with Crippen molar-refractivity contribution in [3.8, 4) is 11.5 Å². The van der Waals surface area contributed by atoms with Crippen molar-refractivity contribution in [2.45, 2.75) is 19.9 Å². The number of hydrogen-bond donors (Lipinski definition) is 1. The molecule has 1 aliphatic heterocycles. The number of thiazole rings is 1. The van der Waals surface area contributed by atoms with E-state index in [1.54, 1.807) is 61.5 Å². The fourth-order valence-electron chi connectivity index (χ4n) is 4.07. The Hall–Kier alpha value is -4.44. The molecule has 1 N–H and O–H groups in total. The average Bonchev–Trinajstić information content (AvgIpc) is 3.43. The minimum absolute atomic E-state index is 0.115. The number of methoxy groups -OCH3 is 1. The molecule has 1 unspecified atom stereocenters. The number of anilines is 1. The summed E-state index contributed by atoms with van der Waals surface area (Å²) in [6, 6.07) is 12.4. The molecule has 1 aromatic heterocycles. The van der Waals surface area contributed by atoms with Gasteiger partial charge in [-0.15, -0.1) is 0 Å². The molecule has 10 heteroatoms. The number of ether oxygens (including phenoxy) is 3. The van der Waals surface area contributed by atoms with Crippen LogP contribution in [0.5, 0.6) is 11.5 Å². The van der Waals surface area contributed by atoms with E-state index in [4.69, 9.17) is 14.2 Å². The molecule has 0 bridgehead atoms. The summed E-state index contributed by atoms with van der Waals surface area (Å²) in [6.07, 6.45) is 1.61. The summed E-state index contributed by atoms with van der Waals surface area (Å²) in [4.78, 5) is 44.8. The molecule has 1 atom stereocenters. The SMILES string of the molecule is C=CCOc1ccc(C2C(=C(O)c3cccc(OCC)c3)C(=O)C(=O)N2c2nc(C)c(C(=O)OC)s2)cc1. The zero-order valence-corrected chi connectivity index (χ0v) is 21.9. The fraction of sp³-hybridized carbons (Fsp3) is 0.214. The number of amides is 1. The van der Waals surface area contributed by atoms with Crippen LogP contribution in [0.1, 0.15) is 39.5 Å². The summed E-state index contributed by atoms with van der Waals surface area (Å²) in [5, 5.41) is 11.5. The number of aryl methyl sites for hydroxylation is 1. The Morgan fingerprint density at radius 3 is 2.55 bits per heavy atom. The second-order valence-corrected chi connectivity index (χ2v) is 9.18. The van der Waals surface area contributed by atoms with Gasteiger partial charge in [0.15, 0.2) is 5.13 Å². The summed E-state index contributed by atoms with van der Waals surface area (Å²) >= 11 is 0.934. The predicted molar refractivity (Wildman–Crippen MR) is 143 cm³/mol. The summed E-state index contributed by atoms with van der Waals surface area (Å²) in [5.74, 6) is -1.65. The van der Waals surface area contributed by atoms with Crippen LogP contribution < -0.4 is 14.4 Å². The van der Waals surface area contributed by atoms with Gasteiger partial charge in [0.1, 0.15) is 28.7 Å². The molecule has 2 heterocycles. The Kier molecular flexibility index (Phi) is 7.92. The highest BCUT2D eigenvalue weighted by Crippen LogP contribution is 2.44. The standard InChI is InChI=1S/C28H26N2O7S/c1-5-14-37-19-12-10-17(11-13-19)22-21(23(31)18-8-7-9-20(15-18)36-6-2)24(32)26(33)30(22)28-29-16(3)25(38-28)27(34)35-4/h5,7-13,15,22,31H,1,6,14H2,2-4H3. The number of esters is 1. The molecule has 0 spiro atoms. The topological polar surface area (TPSA) is 115 Å². The Morgan fingerprint density at radius 2 is 1.89 bits per heavy atom. The lowest BCUT2D eigenvalue weighted by molar-refractivity contribution is -0.132. The number of Topliss-reactive ketones (excluding diaryl/α,β-unsaturated/α-hetero) is 1. The van der Waals surface area contributed by atoms with Crippen molar-refractivity contribution in [2.75, 3.05) is 25.2 Å². The first-order chi connectivity index (χ1) is 18.3. The molecule has 1 saturated heterocycles. The smallest absolute Gasteiger partial charge is 0.350 e. The van der Waals surface area contributed by atoms with Gasteiger partial charge in [-0.2, -0.15) is 0 Å². The number of ketones is 1. The summed E-state index contributed by atoms with van der Waals surface area (Å²) in [6.45, 7) is 7.80. The first-order valence-corrected chi connectivity index (χ1v) is 12.6. The van der Waals surface area contributed by atoms with Gasteiger partial charge in [-0.1, -0.05) is 48.3 Å². The van der Waals surface area contributed by atoms with Crippen LogP contribution in [0.4, 0.5) is 5.13 Å². The molecule has 0 saturated carbocycles. The lowest BCUT2D eigenvalue weighted by Crippen LogP contribution is -2.29. The van der Waals surface area contributed by atoms with Crippen LogP contribution in [0, 0.1) is 6.92 Å². The second kappa shape index (κ2) is 11.3. The van der Waals surface area contributed by atoms with E-state index in [-0.39, 0.29) is 21.3 Å². The van der Waals surface area contributed by atoms with Gasteiger partial charge >= 0.3 is 11.9 Å². The van der Waals surface area contributed by atoms with Crippen molar-refractivity contribution in [1.82, 2.24) is 4.98 Å². The highest BCUT2D eigenvalue weighted by atomic mass is 32.1. The van der Waals surface area contributed by atoms with Crippen LogP contribution in [-0.2, 0) is 14.3 Å². The number of rotatable bonds is 9. The molecule has 2 aromatic carbocycles. The molecule has 9 nitrogen and oxygen atoms in total. The second-order valence-electron chi connectivity index (χ2n) is 8.20. The maximum Gasteiger partial charge on any atom is 0.350 e. The molecular weight excluding hydrogens is 508 g/mol. The maximum atomic E-state index is 13.4. The highest BCUT2D eigenvalue weighted by Gasteiger charge is 2.48. The minimum atomic E-state index is -1.02. The lowest BCUT2D eigenvalue weighted by atomic mass is 9.95. The van der Waals surface area contributed by atoms with Gasteiger partial charge in [-0.25, -0.2) is 9.78 Å². The zero-order chi connectivity index (χ0) is 27.4. The summed E-state index contributed by atoms with van der Waals surface area (Å²) in [7, 11) is 1.25. The molecule has 1 aliphatic rings. The highest BCUT2D eigenvalue weighted by molar-refractivity contribution is 7.17. The normalized spacial score (nSPS) is 16.4. The third kappa shape index (κ3) is 5.03. The van der Waals surface area contributed by atoms with Crippen LogP contribution in [-0.4, -0.2) is 48.1 Å². The molecule has 1 fully saturated rings. The van der Waals surface area contributed by atoms with E-state index in [9.17, 15) is 19.5 Å². The van der Waals surface area contributed by atoms with E-state index in [0.29, 0.717) is 41.5 Å². The Morgan fingerprint density at radius 1 is 1.16 bits per heavy atom. The maximum absolute atomic E-state index is 13.4. The van der Waals surface area contributed by atoms with Crippen molar-refractivity contribution in [2.24, 2.45) is 0 Å². The molecule has 0 aliphatic carbocycles. The molecule has 0 radical (unpaired) electrons. The van der Waals surface area contributed by atoms with E-state index >= 15 is 0 Å². The van der Waals surface area contributed by atoms with Gasteiger partial charge in [-0.3, -0.25) is 14.5 Å². The number of nitrogens with zero attached hydrogens (tertiary/aromatic N) is 2. The number of carbonyl (C=O) groups is 3. The third-order valence-electron chi connectivity index (χ3n) is 5.79. The first-order valence-electron chi connectivity index (χ1n) is 11.7. The average molecular weight is 535 g/mol. The summed E-state index contributed by atoms with van der Waals surface area (Å²) in [5.41, 5.74) is 1.09. The molecule has 38 heavy (non-hydrogen) atoms. The third-order valence-corrected chi connectivity index (χ3v) is 6.93. The minimum Gasteiger partial charge on any atom is -0.507 e. The number of aliphatic hydroxyl groups excluding tert-OH is 1. The molecule has 4 rings (SSSR count). The first kappa shape index (κ1) is 26.6. The van der Waals surface area contributed by atoms with Crippen LogP contribution in [0.2, 0.25) is 0 Å². The number of carbonyl (C=O) groups excluding carboxylic acids is 3. The summed E-state index contributed by atoms with van der Waals surface area (Å²) < 4.78 is 15.9. The fourth-order valence-corrected chi connectivity index (χ4v) is 5.08. The van der Waals surface area contributed by atoms with E-state index in [0.717, 1.165) is 11.3 Å². The van der Waals surface area contributed by atoms with Crippen LogP contribution in [0.25, 0.3) is 5.76 Å². The van der Waals surface area contributed by atoms with Gasteiger partial charge in [0, 0.05) is 5.56 Å². The number of aromatic nitrogens is 1. The van der Waals surface area contributed by atoms with Gasteiger partial charge in [-0.05, 0) is 43.7 Å². The lowest BCUT2D eigenvalue weighted by Gasteiger charge is -2.23. The van der Waals surface area contributed by atoms with E-state index < -0.39 is 23.7 Å². The van der Waals surface area contributed by atoms with Crippen molar-refractivity contribution >= 4 is 39.9 Å². The largest absolute Gasteiger partial charge is 0.507 e. The number of hydrogen-bond acceptors (Lipinski definition) is 9. The Bertz CT molecular complexity index is 1430. The Labute approximate surface area is 223 Å². The number of aliphatic hydroxyl groups is 1. The Balaban J connectivity index is 1.89. The number of benzene rings is 2. The van der Waals surface area contributed by atoms with Gasteiger partial charge in [0.05, 0.1) is 31.0 Å². The van der Waals surface area contributed by atoms with E-state index in [1.165, 1.54) is 12.0 Å². The molecule has 3 aromatic rings. The monoisotopic (exact) mass is 534 g/mol. The van der Waals surface area contributed by atoms with Gasteiger partial charge < -0.3 is 19.3 Å². The van der Waals surface area contributed by atoms with Crippen LogP contribution >= 0.6 is 11.3 Å². The van der Waals surface area contributed by atoms with Crippen molar-refractivity contribution in [1.29, 1.82) is 0 Å². The van der Waals surface area contributed by atoms with Crippen molar-refractivity contribution in [3.63, 3.8) is 0 Å². The molecule has 196 valence electrons. The van der Waals surface area contributed by atoms with Crippen LogP contribution in [0.3, 0.4) is 0 Å². The quantitative estimate of drug-likeness (QED) is 0.137. The van der Waals surface area contributed by atoms with Crippen molar-refractivity contribution in [3.05, 3.63) is 88.5 Å². The molecule has 1 amide bonds. The van der Waals surface area contributed by atoms with E-state index in [1.807, 2.05) is 6.92 Å². The zero-order valence-electron chi connectivity index (χ0n) is 21.1. The van der Waals surface area contributed by atoms with Crippen molar-refractivity contribution < 1.29 is 33.7 Å². The van der Waals surface area contributed by atoms with E-state index in [2.05, 4.69) is 11.6 Å². The van der Waals surface area contributed by atoms with Gasteiger partial charge in [0.2, 0.25) is 0 Å². The molecular formula is C28H26N2O7S. The van der Waals surface area contributed by atoms with Gasteiger partial charge in [0.25, 0.3) is 5.78 Å². The predicted octanol–water partition coefficient (Wildman–Crippen LogP) is 4.83. The van der Waals surface area contributed by atoms with Crippen LogP contribution in [0.15, 0.2) is 66.8 Å².